The summed E-state index contributed by atoms with van der Waals surface area (Å²) in [6.45, 7) is 1.40. The molecule has 0 aliphatic carbocycles. The third-order valence-electron chi connectivity index (χ3n) is 5.07. The van der Waals surface area contributed by atoms with Gasteiger partial charge in [0.2, 0.25) is 0 Å². The number of fused-ring (bicyclic) bond motifs is 1. The quantitative estimate of drug-likeness (QED) is 0.779. The van der Waals surface area contributed by atoms with Crippen LogP contribution in [0.1, 0.15) is 22.3 Å². The summed E-state index contributed by atoms with van der Waals surface area (Å²) in [6.07, 6.45) is -4.43. The van der Waals surface area contributed by atoms with Crippen LogP contribution in [0.2, 0.25) is 0 Å². The van der Waals surface area contributed by atoms with E-state index in [1.807, 2.05) is 18.2 Å². The molecule has 2 aromatic carbocycles. The van der Waals surface area contributed by atoms with Crippen LogP contribution >= 0.6 is 0 Å². The molecule has 2 aliphatic heterocycles. The minimum Gasteiger partial charge on any atom is -0.447 e. The summed E-state index contributed by atoms with van der Waals surface area (Å²) in [5.74, 6) is 0. The van der Waals surface area contributed by atoms with Crippen molar-refractivity contribution in [3.8, 4) is 6.07 Å². The monoisotopic (exact) mass is 387 g/mol. The van der Waals surface area contributed by atoms with Crippen molar-refractivity contribution in [3.05, 3.63) is 58.7 Å². The maximum absolute atomic E-state index is 13.5. The maximum Gasteiger partial charge on any atom is 0.418 e. The van der Waals surface area contributed by atoms with Crippen LogP contribution in [0.5, 0.6) is 0 Å². The van der Waals surface area contributed by atoms with Crippen molar-refractivity contribution in [1.82, 2.24) is 0 Å². The van der Waals surface area contributed by atoms with Crippen molar-refractivity contribution in [2.45, 2.75) is 19.1 Å². The SMILES string of the molecule is N#Cc1ccc(C(F)(F)F)c(N2CCc3c(cccc3N3CCOC3=O)C2)c1. The van der Waals surface area contributed by atoms with Crippen LogP contribution in [0.3, 0.4) is 0 Å². The van der Waals surface area contributed by atoms with Gasteiger partial charge in [0.1, 0.15) is 6.61 Å². The number of anilines is 2. The molecule has 1 saturated heterocycles. The minimum atomic E-state index is -4.51. The molecule has 4 rings (SSSR count). The Bertz CT molecular complexity index is 982. The minimum absolute atomic E-state index is 0.00295. The molecule has 1 fully saturated rings. The number of alkyl halides is 3. The van der Waals surface area contributed by atoms with Crippen LogP contribution in [0, 0.1) is 11.3 Å². The Hall–Kier alpha value is -3.21. The Morgan fingerprint density at radius 3 is 2.61 bits per heavy atom. The van der Waals surface area contributed by atoms with Gasteiger partial charge in [-0.25, -0.2) is 4.79 Å². The second-order valence-electron chi connectivity index (χ2n) is 6.69. The zero-order valence-corrected chi connectivity index (χ0v) is 14.8. The summed E-state index contributed by atoms with van der Waals surface area (Å²) in [6, 6.07) is 10.8. The van der Waals surface area contributed by atoms with Crippen molar-refractivity contribution in [3.63, 3.8) is 0 Å². The molecule has 0 saturated carbocycles. The van der Waals surface area contributed by atoms with Gasteiger partial charge in [-0.3, -0.25) is 4.90 Å². The largest absolute Gasteiger partial charge is 0.447 e. The molecule has 2 aliphatic rings. The fourth-order valence-electron chi connectivity index (χ4n) is 3.76. The third-order valence-corrected chi connectivity index (χ3v) is 5.07. The predicted molar refractivity (Wildman–Crippen MR) is 96.0 cm³/mol. The Balaban J connectivity index is 1.71. The molecule has 1 amide bonds. The van der Waals surface area contributed by atoms with E-state index in [1.165, 1.54) is 12.1 Å². The van der Waals surface area contributed by atoms with Gasteiger partial charge in [0.25, 0.3) is 0 Å². The summed E-state index contributed by atoms with van der Waals surface area (Å²) in [4.78, 5) is 15.1. The number of halogens is 3. The molecule has 2 aromatic rings. The van der Waals surface area contributed by atoms with E-state index in [9.17, 15) is 18.0 Å². The normalized spacial score (nSPS) is 16.6. The zero-order valence-electron chi connectivity index (χ0n) is 14.8. The molecule has 0 N–H and O–H groups in total. The van der Waals surface area contributed by atoms with Crippen LogP contribution in [-0.2, 0) is 23.9 Å². The van der Waals surface area contributed by atoms with Gasteiger partial charge in [0.05, 0.1) is 35.1 Å². The van der Waals surface area contributed by atoms with E-state index in [4.69, 9.17) is 10.00 Å². The highest BCUT2D eigenvalue weighted by atomic mass is 19.4. The summed E-state index contributed by atoms with van der Waals surface area (Å²) in [7, 11) is 0. The lowest BCUT2D eigenvalue weighted by atomic mass is 9.95. The Morgan fingerprint density at radius 1 is 1.11 bits per heavy atom. The summed E-state index contributed by atoms with van der Waals surface area (Å²) in [5.41, 5.74) is 1.99. The summed E-state index contributed by atoms with van der Waals surface area (Å²) < 4.78 is 45.4. The molecule has 2 heterocycles. The summed E-state index contributed by atoms with van der Waals surface area (Å²) in [5, 5.41) is 9.10. The Morgan fingerprint density at radius 2 is 1.93 bits per heavy atom. The van der Waals surface area contributed by atoms with Gasteiger partial charge >= 0.3 is 12.3 Å². The Labute approximate surface area is 159 Å². The number of cyclic esters (lactones) is 1. The van der Waals surface area contributed by atoms with Crippen LogP contribution < -0.4 is 9.80 Å². The number of hydrogen-bond acceptors (Lipinski definition) is 4. The Kier molecular flexibility index (Phi) is 4.38. The number of nitriles is 1. The molecule has 0 radical (unpaired) electrons. The first-order valence-electron chi connectivity index (χ1n) is 8.80. The van der Waals surface area contributed by atoms with Gasteiger partial charge in [-0.05, 0) is 41.8 Å². The van der Waals surface area contributed by atoms with E-state index in [-0.39, 0.29) is 17.8 Å². The molecule has 0 bridgehead atoms. The standard InChI is InChI=1S/C20H16F3N3O2/c21-20(22,23)16-5-4-13(11-24)10-18(16)25-7-6-15-14(12-25)2-1-3-17(15)26-8-9-28-19(26)27/h1-5,10H,6-9,12H2. The summed E-state index contributed by atoms with van der Waals surface area (Å²) >= 11 is 0. The predicted octanol–water partition coefficient (Wildman–Crippen LogP) is 4.10. The first kappa shape index (κ1) is 18.2. The molecule has 0 aromatic heterocycles. The van der Waals surface area contributed by atoms with Crippen molar-refractivity contribution < 1.29 is 22.7 Å². The molecule has 0 spiro atoms. The fourth-order valence-corrected chi connectivity index (χ4v) is 3.76. The average Bonchev–Trinajstić information content (AvgIpc) is 3.11. The van der Waals surface area contributed by atoms with Gasteiger partial charge in [-0.2, -0.15) is 18.4 Å². The van der Waals surface area contributed by atoms with Gasteiger partial charge in [-0.15, -0.1) is 0 Å². The number of carbonyl (C=O) groups excluding carboxylic acids is 1. The molecule has 144 valence electrons. The average molecular weight is 387 g/mol. The second kappa shape index (κ2) is 6.75. The van der Waals surface area contributed by atoms with Crippen molar-refractivity contribution >= 4 is 17.5 Å². The number of benzene rings is 2. The number of carbonyl (C=O) groups is 1. The van der Waals surface area contributed by atoms with Crippen LogP contribution in [0.25, 0.3) is 0 Å². The topological polar surface area (TPSA) is 56.6 Å². The van der Waals surface area contributed by atoms with E-state index >= 15 is 0 Å². The highest BCUT2D eigenvalue weighted by molar-refractivity contribution is 5.90. The number of hydrogen-bond donors (Lipinski definition) is 0. The van der Waals surface area contributed by atoms with E-state index in [2.05, 4.69) is 0 Å². The smallest absolute Gasteiger partial charge is 0.418 e. The molecule has 5 nitrogen and oxygen atoms in total. The molecule has 0 atom stereocenters. The van der Waals surface area contributed by atoms with Crippen molar-refractivity contribution in [2.24, 2.45) is 0 Å². The second-order valence-corrected chi connectivity index (χ2v) is 6.69. The number of rotatable bonds is 2. The third kappa shape index (κ3) is 3.13. The zero-order chi connectivity index (χ0) is 19.9. The first-order chi connectivity index (χ1) is 13.4. The molecular formula is C20H16F3N3O2. The van der Waals surface area contributed by atoms with Gasteiger partial charge in [0.15, 0.2) is 0 Å². The van der Waals surface area contributed by atoms with Crippen LogP contribution in [0.15, 0.2) is 36.4 Å². The van der Waals surface area contributed by atoms with Gasteiger partial charge in [0, 0.05) is 13.1 Å². The number of ether oxygens (including phenoxy) is 1. The number of nitrogens with zero attached hydrogens (tertiary/aromatic N) is 3. The lowest BCUT2D eigenvalue weighted by Crippen LogP contribution is -2.34. The van der Waals surface area contributed by atoms with Crippen molar-refractivity contribution in [1.29, 1.82) is 5.26 Å². The van der Waals surface area contributed by atoms with E-state index in [0.29, 0.717) is 26.1 Å². The highest BCUT2D eigenvalue weighted by Gasteiger charge is 2.36. The van der Waals surface area contributed by atoms with Gasteiger partial charge < -0.3 is 9.64 Å². The van der Waals surface area contributed by atoms with Crippen LogP contribution in [-0.4, -0.2) is 25.8 Å². The lowest BCUT2D eigenvalue weighted by Gasteiger charge is -2.34. The van der Waals surface area contributed by atoms with E-state index < -0.39 is 17.8 Å². The van der Waals surface area contributed by atoms with Crippen molar-refractivity contribution in [2.75, 3.05) is 29.5 Å². The lowest BCUT2D eigenvalue weighted by molar-refractivity contribution is -0.137. The van der Waals surface area contributed by atoms with Gasteiger partial charge in [-0.1, -0.05) is 12.1 Å². The molecule has 28 heavy (non-hydrogen) atoms. The van der Waals surface area contributed by atoms with E-state index in [0.717, 1.165) is 22.9 Å². The first-order valence-corrected chi connectivity index (χ1v) is 8.80. The van der Waals surface area contributed by atoms with Crippen LogP contribution in [0.4, 0.5) is 29.3 Å². The fraction of sp³-hybridized carbons (Fsp3) is 0.300. The van der Waals surface area contributed by atoms with E-state index in [1.54, 1.807) is 15.9 Å². The molecular weight excluding hydrogens is 371 g/mol. The molecule has 8 heteroatoms. The maximum atomic E-state index is 13.5. The molecule has 0 unspecified atom stereocenters. The highest BCUT2D eigenvalue weighted by Crippen LogP contribution is 2.40. The number of amides is 1.